The lowest BCUT2D eigenvalue weighted by Gasteiger charge is -2.32. The van der Waals surface area contributed by atoms with E-state index < -0.39 is 0 Å². The minimum Gasteiger partial charge on any atom is -0.383 e. The molecule has 3 aromatic rings. The average molecular weight is 335 g/mol. The molecular formula is C20H25N5. The summed E-state index contributed by atoms with van der Waals surface area (Å²) in [6.45, 7) is 4.39. The zero-order valence-electron chi connectivity index (χ0n) is 14.4. The molecule has 0 atom stereocenters. The van der Waals surface area contributed by atoms with Gasteiger partial charge < -0.3 is 16.0 Å². The molecule has 1 aliphatic heterocycles. The second-order valence-corrected chi connectivity index (χ2v) is 6.91. The second kappa shape index (κ2) is 7.15. The zero-order chi connectivity index (χ0) is 17.1. The SMILES string of the molecule is Nc1nc2c(NCC3CCN(Cc4ccccc4)CC3)cccc2[nH]1. The molecule has 0 aliphatic carbocycles. The van der Waals surface area contributed by atoms with E-state index in [4.69, 9.17) is 5.73 Å². The summed E-state index contributed by atoms with van der Waals surface area (Å²) in [5.41, 5.74) is 10.2. The van der Waals surface area contributed by atoms with Crippen molar-refractivity contribution in [2.75, 3.05) is 30.7 Å². The zero-order valence-corrected chi connectivity index (χ0v) is 14.4. The molecule has 0 spiro atoms. The number of nitrogens with two attached hydrogens (primary N) is 1. The number of nitrogens with one attached hydrogen (secondary N) is 2. The highest BCUT2D eigenvalue weighted by Gasteiger charge is 2.19. The van der Waals surface area contributed by atoms with E-state index >= 15 is 0 Å². The number of likely N-dealkylation sites (tertiary alicyclic amines) is 1. The van der Waals surface area contributed by atoms with Crippen molar-refractivity contribution < 1.29 is 0 Å². The monoisotopic (exact) mass is 335 g/mol. The van der Waals surface area contributed by atoms with Crippen molar-refractivity contribution in [3.63, 3.8) is 0 Å². The Morgan fingerprint density at radius 3 is 2.68 bits per heavy atom. The van der Waals surface area contributed by atoms with Gasteiger partial charge >= 0.3 is 0 Å². The second-order valence-electron chi connectivity index (χ2n) is 6.91. The summed E-state index contributed by atoms with van der Waals surface area (Å²) in [5.74, 6) is 1.18. The predicted molar refractivity (Wildman–Crippen MR) is 103 cm³/mol. The third-order valence-electron chi connectivity index (χ3n) is 5.07. The van der Waals surface area contributed by atoms with Crippen molar-refractivity contribution in [3.8, 4) is 0 Å². The number of aromatic nitrogens is 2. The fourth-order valence-electron chi connectivity index (χ4n) is 3.64. The van der Waals surface area contributed by atoms with Crippen LogP contribution in [0.1, 0.15) is 18.4 Å². The van der Waals surface area contributed by atoms with Crippen molar-refractivity contribution in [1.82, 2.24) is 14.9 Å². The van der Waals surface area contributed by atoms with Gasteiger partial charge in [-0.1, -0.05) is 36.4 Å². The van der Waals surface area contributed by atoms with Crippen LogP contribution in [0.2, 0.25) is 0 Å². The number of para-hydroxylation sites is 1. The van der Waals surface area contributed by atoms with Gasteiger partial charge in [0, 0.05) is 13.1 Å². The molecule has 0 amide bonds. The van der Waals surface area contributed by atoms with E-state index in [0.29, 0.717) is 11.9 Å². The first-order valence-electron chi connectivity index (χ1n) is 9.02. The number of rotatable bonds is 5. The molecule has 2 heterocycles. The van der Waals surface area contributed by atoms with Crippen molar-refractivity contribution >= 4 is 22.7 Å². The lowest BCUT2D eigenvalue weighted by atomic mass is 9.96. The fourth-order valence-corrected chi connectivity index (χ4v) is 3.64. The number of benzene rings is 2. The van der Waals surface area contributed by atoms with Gasteiger partial charge in [0.1, 0.15) is 5.52 Å². The molecule has 4 rings (SSSR count). The molecule has 25 heavy (non-hydrogen) atoms. The van der Waals surface area contributed by atoms with Crippen molar-refractivity contribution in [3.05, 3.63) is 54.1 Å². The van der Waals surface area contributed by atoms with Gasteiger partial charge in [0.2, 0.25) is 0 Å². The number of H-pyrrole nitrogens is 1. The quantitative estimate of drug-likeness (QED) is 0.668. The topological polar surface area (TPSA) is 70.0 Å². The van der Waals surface area contributed by atoms with Gasteiger partial charge in [-0.15, -0.1) is 0 Å². The van der Waals surface area contributed by atoms with Crippen LogP contribution in [0.15, 0.2) is 48.5 Å². The van der Waals surface area contributed by atoms with Crippen LogP contribution in [0.5, 0.6) is 0 Å². The van der Waals surface area contributed by atoms with Gasteiger partial charge in [0.05, 0.1) is 11.2 Å². The van der Waals surface area contributed by atoms with Gasteiger partial charge in [-0.25, -0.2) is 4.98 Å². The number of anilines is 2. The maximum absolute atomic E-state index is 5.78. The summed E-state index contributed by atoms with van der Waals surface area (Å²) in [6.07, 6.45) is 2.47. The molecule has 1 aromatic heterocycles. The highest BCUT2D eigenvalue weighted by atomic mass is 15.1. The molecule has 0 radical (unpaired) electrons. The van der Waals surface area contributed by atoms with E-state index in [9.17, 15) is 0 Å². The van der Waals surface area contributed by atoms with Crippen LogP contribution in [-0.4, -0.2) is 34.5 Å². The van der Waals surface area contributed by atoms with Crippen molar-refractivity contribution in [1.29, 1.82) is 0 Å². The first-order valence-corrected chi connectivity index (χ1v) is 9.02. The Morgan fingerprint density at radius 2 is 1.88 bits per heavy atom. The van der Waals surface area contributed by atoms with E-state index in [2.05, 4.69) is 56.6 Å². The third kappa shape index (κ3) is 3.77. The number of piperidine rings is 1. The largest absolute Gasteiger partial charge is 0.383 e. The number of nitrogen functional groups attached to an aromatic ring is 1. The van der Waals surface area contributed by atoms with E-state index in [-0.39, 0.29) is 0 Å². The summed E-state index contributed by atoms with van der Waals surface area (Å²) in [6, 6.07) is 16.9. The van der Waals surface area contributed by atoms with Crippen molar-refractivity contribution in [2.45, 2.75) is 19.4 Å². The van der Waals surface area contributed by atoms with E-state index in [1.54, 1.807) is 0 Å². The summed E-state index contributed by atoms with van der Waals surface area (Å²) in [5, 5.41) is 3.58. The van der Waals surface area contributed by atoms with Crippen LogP contribution < -0.4 is 11.1 Å². The van der Waals surface area contributed by atoms with Crippen LogP contribution in [0, 0.1) is 5.92 Å². The molecule has 2 aromatic carbocycles. The Kier molecular flexibility index (Phi) is 4.57. The highest BCUT2D eigenvalue weighted by molar-refractivity contribution is 5.89. The summed E-state index contributed by atoms with van der Waals surface area (Å²) in [4.78, 5) is 10.0. The Morgan fingerprint density at radius 1 is 1.08 bits per heavy atom. The summed E-state index contributed by atoms with van der Waals surface area (Å²) in [7, 11) is 0. The van der Waals surface area contributed by atoms with Crippen LogP contribution in [0.4, 0.5) is 11.6 Å². The molecule has 1 fully saturated rings. The van der Waals surface area contributed by atoms with Gasteiger partial charge in [-0.05, 0) is 49.5 Å². The Bertz CT molecular complexity index is 818. The number of imidazole rings is 1. The van der Waals surface area contributed by atoms with Crippen molar-refractivity contribution in [2.24, 2.45) is 5.92 Å². The highest BCUT2D eigenvalue weighted by Crippen LogP contribution is 2.24. The standard InChI is InChI=1S/C20H25N5/c21-20-23-18-8-4-7-17(19(18)24-20)22-13-15-9-11-25(12-10-15)14-16-5-2-1-3-6-16/h1-8,15,22H,9-14H2,(H3,21,23,24). The Labute approximate surface area is 148 Å². The molecule has 1 aliphatic rings. The van der Waals surface area contributed by atoms with E-state index in [1.165, 1.54) is 31.5 Å². The molecule has 0 bridgehead atoms. The van der Waals surface area contributed by atoms with Gasteiger partial charge in [-0.2, -0.15) is 0 Å². The van der Waals surface area contributed by atoms with Gasteiger partial charge in [-0.3, -0.25) is 4.90 Å². The molecule has 4 N–H and O–H groups in total. The van der Waals surface area contributed by atoms with Crippen LogP contribution in [0.25, 0.3) is 11.0 Å². The van der Waals surface area contributed by atoms with E-state index in [1.807, 2.05) is 12.1 Å². The number of nitrogens with zero attached hydrogens (tertiary/aromatic N) is 2. The normalized spacial score (nSPS) is 16.3. The van der Waals surface area contributed by atoms with Gasteiger partial charge in [0.15, 0.2) is 5.95 Å². The maximum atomic E-state index is 5.78. The Balaban J connectivity index is 1.30. The maximum Gasteiger partial charge on any atom is 0.198 e. The van der Waals surface area contributed by atoms with Crippen LogP contribution in [-0.2, 0) is 6.54 Å². The number of aromatic amines is 1. The predicted octanol–water partition coefficient (Wildman–Crippen LogP) is 3.47. The van der Waals surface area contributed by atoms with E-state index in [0.717, 1.165) is 29.8 Å². The molecule has 5 nitrogen and oxygen atoms in total. The van der Waals surface area contributed by atoms with Crippen LogP contribution in [0.3, 0.4) is 0 Å². The average Bonchev–Trinajstić information content (AvgIpc) is 3.03. The molecule has 130 valence electrons. The minimum absolute atomic E-state index is 0.471. The first-order chi connectivity index (χ1) is 12.3. The lowest BCUT2D eigenvalue weighted by Crippen LogP contribution is -2.35. The third-order valence-corrected chi connectivity index (χ3v) is 5.07. The molecular weight excluding hydrogens is 310 g/mol. The first kappa shape index (κ1) is 16.0. The Hall–Kier alpha value is -2.53. The molecule has 5 heteroatoms. The summed E-state index contributed by atoms with van der Waals surface area (Å²) < 4.78 is 0. The van der Waals surface area contributed by atoms with Gasteiger partial charge in [0.25, 0.3) is 0 Å². The summed E-state index contributed by atoms with van der Waals surface area (Å²) >= 11 is 0. The molecule has 0 unspecified atom stereocenters. The molecule has 0 saturated carbocycles. The smallest absolute Gasteiger partial charge is 0.198 e. The molecule has 1 saturated heterocycles. The number of hydrogen-bond acceptors (Lipinski definition) is 4. The minimum atomic E-state index is 0.471. The lowest BCUT2D eigenvalue weighted by molar-refractivity contribution is 0.182. The van der Waals surface area contributed by atoms with Crippen LogP contribution >= 0.6 is 0 Å². The fraction of sp³-hybridized carbons (Fsp3) is 0.350. The number of fused-ring (bicyclic) bond motifs is 1. The number of hydrogen-bond donors (Lipinski definition) is 3.